The maximum absolute atomic E-state index is 12.2. The number of rotatable bonds is 6. The molecule has 3 rings (SSSR count). The molecule has 0 aliphatic carbocycles. The lowest BCUT2D eigenvalue weighted by Crippen LogP contribution is -2.25. The van der Waals surface area contributed by atoms with Gasteiger partial charge < -0.3 is 9.84 Å². The number of aliphatic hydroxyl groups excluding tert-OH is 1. The number of ether oxygens (including phenoxy) is 1. The summed E-state index contributed by atoms with van der Waals surface area (Å²) in [7, 11) is 0. The molecule has 0 spiro atoms. The second-order valence-corrected chi connectivity index (χ2v) is 6.90. The van der Waals surface area contributed by atoms with Crippen LogP contribution < -0.4 is 10.3 Å². The summed E-state index contributed by atoms with van der Waals surface area (Å²) in [5.74, 6) is 0.00121. The van der Waals surface area contributed by atoms with Crippen LogP contribution in [0.4, 0.5) is 8.78 Å². The molecule has 0 saturated carbocycles. The average molecular weight is 378 g/mol. The van der Waals surface area contributed by atoms with Gasteiger partial charge in [0.05, 0.1) is 17.5 Å². The number of nitrogens with zero attached hydrogens (tertiary/aromatic N) is 2. The Morgan fingerprint density at radius 3 is 2.50 bits per heavy atom. The fourth-order valence-corrected chi connectivity index (χ4v) is 3.26. The summed E-state index contributed by atoms with van der Waals surface area (Å²) in [6.45, 7) is -0.973. The lowest BCUT2D eigenvalue weighted by atomic mass is 10.1. The molecule has 2 heterocycles. The lowest BCUT2D eigenvalue weighted by molar-refractivity contribution is -0.0498. The van der Waals surface area contributed by atoms with E-state index in [0.717, 1.165) is 9.75 Å². The number of alkyl halides is 2. The summed E-state index contributed by atoms with van der Waals surface area (Å²) < 4.78 is 29.8. The van der Waals surface area contributed by atoms with E-state index in [1.165, 1.54) is 35.0 Å². The largest absolute Gasteiger partial charge is 0.435 e. The SMILES string of the molecule is Cc1ccc(-c2ccc(=O)n(C[C@H](O)c3ccc(OC(F)F)cc3)n2)s1. The van der Waals surface area contributed by atoms with Gasteiger partial charge in [0.25, 0.3) is 5.56 Å². The predicted molar refractivity (Wildman–Crippen MR) is 94.6 cm³/mol. The zero-order chi connectivity index (χ0) is 18.7. The molecule has 0 bridgehead atoms. The van der Waals surface area contributed by atoms with Crippen molar-refractivity contribution in [1.82, 2.24) is 9.78 Å². The number of aryl methyl sites for hydroxylation is 1. The Bertz CT molecular complexity index is 938. The minimum atomic E-state index is -2.91. The van der Waals surface area contributed by atoms with Crippen molar-refractivity contribution in [2.75, 3.05) is 0 Å². The zero-order valence-corrected chi connectivity index (χ0v) is 14.6. The third-order valence-electron chi connectivity index (χ3n) is 3.70. The van der Waals surface area contributed by atoms with Crippen LogP contribution in [0.1, 0.15) is 16.5 Å². The van der Waals surface area contributed by atoms with Gasteiger partial charge in [-0.15, -0.1) is 11.3 Å². The molecule has 0 unspecified atom stereocenters. The average Bonchev–Trinajstić information content (AvgIpc) is 3.03. The molecule has 1 atom stereocenters. The van der Waals surface area contributed by atoms with Gasteiger partial charge in [-0.3, -0.25) is 4.79 Å². The first-order valence-corrected chi connectivity index (χ1v) is 8.62. The third kappa shape index (κ3) is 4.33. The van der Waals surface area contributed by atoms with E-state index in [1.54, 1.807) is 17.4 Å². The smallest absolute Gasteiger partial charge is 0.387 e. The highest BCUT2D eigenvalue weighted by molar-refractivity contribution is 7.15. The molecule has 26 heavy (non-hydrogen) atoms. The van der Waals surface area contributed by atoms with Gasteiger partial charge in [0, 0.05) is 10.9 Å². The fraction of sp³-hybridized carbons (Fsp3) is 0.222. The van der Waals surface area contributed by atoms with Crippen LogP contribution in [0, 0.1) is 6.92 Å². The van der Waals surface area contributed by atoms with Crippen LogP contribution >= 0.6 is 11.3 Å². The molecule has 5 nitrogen and oxygen atoms in total. The van der Waals surface area contributed by atoms with Gasteiger partial charge in [-0.05, 0) is 42.8 Å². The maximum Gasteiger partial charge on any atom is 0.387 e. The number of hydrogen-bond donors (Lipinski definition) is 1. The highest BCUT2D eigenvalue weighted by atomic mass is 32.1. The number of halogens is 2. The quantitative estimate of drug-likeness (QED) is 0.712. The maximum atomic E-state index is 12.2. The van der Waals surface area contributed by atoms with E-state index in [2.05, 4.69) is 9.84 Å². The van der Waals surface area contributed by atoms with Gasteiger partial charge in [0.15, 0.2) is 0 Å². The van der Waals surface area contributed by atoms with Crippen molar-refractivity contribution >= 4 is 11.3 Å². The number of thiophene rings is 1. The number of aliphatic hydroxyl groups is 1. The van der Waals surface area contributed by atoms with Crippen LogP contribution in [-0.4, -0.2) is 21.5 Å². The molecule has 0 radical (unpaired) electrons. The number of benzene rings is 1. The normalized spacial score (nSPS) is 12.3. The van der Waals surface area contributed by atoms with Gasteiger partial charge >= 0.3 is 6.61 Å². The molecule has 0 fully saturated rings. The van der Waals surface area contributed by atoms with Crippen LogP contribution in [0.25, 0.3) is 10.6 Å². The van der Waals surface area contributed by atoms with Crippen molar-refractivity contribution in [3.05, 3.63) is 69.3 Å². The Morgan fingerprint density at radius 1 is 1.15 bits per heavy atom. The number of aromatic nitrogens is 2. The van der Waals surface area contributed by atoms with Crippen molar-refractivity contribution in [1.29, 1.82) is 0 Å². The van der Waals surface area contributed by atoms with Crippen molar-refractivity contribution < 1.29 is 18.6 Å². The van der Waals surface area contributed by atoms with Crippen molar-refractivity contribution in [2.24, 2.45) is 0 Å². The van der Waals surface area contributed by atoms with E-state index in [4.69, 9.17) is 0 Å². The van der Waals surface area contributed by atoms with Crippen molar-refractivity contribution in [3.8, 4) is 16.3 Å². The Hall–Kier alpha value is -2.58. The standard InChI is InChI=1S/C18H16F2N2O3S/c1-11-2-8-16(26-11)14-7-9-17(24)22(21-14)10-15(23)12-3-5-13(6-4-12)25-18(19)20/h2-9,15,18,23H,10H2,1H3/t15-/m0/s1. The molecule has 0 aliphatic rings. The van der Waals surface area contributed by atoms with E-state index in [-0.39, 0.29) is 17.9 Å². The zero-order valence-electron chi connectivity index (χ0n) is 13.8. The molecule has 0 aliphatic heterocycles. The van der Waals surface area contributed by atoms with E-state index in [9.17, 15) is 18.7 Å². The van der Waals surface area contributed by atoms with Crippen LogP contribution in [0.3, 0.4) is 0 Å². The highest BCUT2D eigenvalue weighted by Crippen LogP contribution is 2.25. The summed E-state index contributed by atoms with van der Waals surface area (Å²) in [6, 6.07) is 12.6. The molecule has 2 aromatic heterocycles. The fourth-order valence-electron chi connectivity index (χ4n) is 2.42. The van der Waals surface area contributed by atoms with Gasteiger partial charge in [-0.2, -0.15) is 13.9 Å². The molecule has 0 saturated heterocycles. The van der Waals surface area contributed by atoms with Crippen LogP contribution in [0.15, 0.2) is 53.3 Å². The summed E-state index contributed by atoms with van der Waals surface area (Å²) in [6.07, 6.45) is -1.01. The van der Waals surface area contributed by atoms with Crippen molar-refractivity contribution in [3.63, 3.8) is 0 Å². The van der Waals surface area contributed by atoms with Gasteiger partial charge in [-0.25, -0.2) is 4.68 Å². The van der Waals surface area contributed by atoms with Crippen molar-refractivity contribution in [2.45, 2.75) is 26.2 Å². The highest BCUT2D eigenvalue weighted by Gasteiger charge is 2.13. The summed E-state index contributed by atoms with van der Waals surface area (Å²) in [5, 5.41) is 14.7. The van der Waals surface area contributed by atoms with Gasteiger partial charge in [0.2, 0.25) is 0 Å². The Labute approximate surface area is 152 Å². The summed E-state index contributed by atoms with van der Waals surface area (Å²) in [5.41, 5.74) is 0.784. The molecular weight excluding hydrogens is 362 g/mol. The Morgan fingerprint density at radius 2 is 1.88 bits per heavy atom. The topological polar surface area (TPSA) is 64.4 Å². The lowest BCUT2D eigenvalue weighted by Gasteiger charge is -2.13. The van der Waals surface area contributed by atoms with E-state index >= 15 is 0 Å². The molecule has 3 aromatic rings. The number of hydrogen-bond acceptors (Lipinski definition) is 5. The van der Waals surface area contributed by atoms with E-state index < -0.39 is 12.7 Å². The monoisotopic (exact) mass is 378 g/mol. The van der Waals surface area contributed by atoms with Gasteiger partial charge in [0.1, 0.15) is 11.4 Å². The van der Waals surface area contributed by atoms with Crippen LogP contribution in [0.2, 0.25) is 0 Å². The summed E-state index contributed by atoms with van der Waals surface area (Å²) in [4.78, 5) is 14.1. The Kier molecular flexibility index (Phi) is 5.43. The first-order valence-electron chi connectivity index (χ1n) is 7.80. The van der Waals surface area contributed by atoms with Gasteiger partial charge in [-0.1, -0.05) is 12.1 Å². The minimum Gasteiger partial charge on any atom is -0.435 e. The molecule has 136 valence electrons. The summed E-state index contributed by atoms with van der Waals surface area (Å²) >= 11 is 1.56. The first kappa shape index (κ1) is 18.2. The minimum absolute atomic E-state index is 0.00121. The second-order valence-electron chi connectivity index (χ2n) is 5.61. The van der Waals surface area contributed by atoms with Crippen LogP contribution in [0.5, 0.6) is 5.75 Å². The predicted octanol–water partition coefficient (Wildman–Crippen LogP) is 3.62. The van der Waals surface area contributed by atoms with Crippen LogP contribution in [-0.2, 0) is 6.54 Å². The van der Waals surface area contributed by atoms with E-state index in [0.29, 0.717) is 11.3 Å². The first-order chi connectivity index (χ1) is 12.4. The molecule has 1 aromatic carbocycles. The molecule has 1 N–H and O–H groups in total. The Balaban J connectivity index is 1.78. The third-order valence-corrected chi connectivity index (χ3v) is 4.72. The second kappa shape index (κ2) is 7.76. The molecule has 0 amide bonds. The molecule has 8 heteroatoms. The van der Waals surface area contributed by atoms with E-state index in [1.807, 2.05) is 19.1 Å². The molecular formula is C18H16F2N2O3S.